The number of carboxylic acids is 1. The van der Waals surface area contributed by atoms with Crippen molar-refractivity contribution in [2.24, 2.45) is 0 Å². The Morgan fingerprint density at radius 1 is 1.57 bits per heavy atom. The Kier molecular flexibility index (Phi) is 3.95. The molecule has 1 aromatic rings. The van der Waals surface area contributed by atoms with Crippen LogP contribution in [0.15, 0.2) is 24.5 Å². The van der Waals surface area contributed by atoms with Gasteiger partial charge < -0.3 is 5.11 Å². The highest BCUT2D eigenvalue weighted by Crippen LogP contribution is 2.22. The molecule has 0 amide bonds. The molecule has 1 N–H and O–H groups in total. The Balaban J connectivity index is 2.84. The van der Waals surface area contributed by atoms with Gasteiger partial charge in [-0.25, -0.2) is 0 Å². The third-order valence-electron chi connectivity index (χ3n) is 1.98. The van der Waals surface area contributed by atoms with E-state index in [0.29, 0.717) is 6.42 Å². The Labute approximate surface area is 88.6 Å². The summed E-state index contributed by atoms with van der Waals surface area (Å²) in [6.07, 6.45) is 3.74. The van der Waals surface area contributed by atoms with Crippen LogP contribution in [0.4, 0.5) is 0 Å². The van der Waals surface area contributed by atoms with Crippen LogP contribution in [0.2, 0.25) is 0 Å². The first-order chi connectivity index (χ1) is 6.61. The van der Waals surface area contributed by atoms with E-state index in [1.807, 2.05) is 6.92 Å². The number of carbonyl (C=O) groups is 1. The molecule has 76 valence electrons. The monoisotopic (exact) mass is 211 g/mol. The molecule has 4 heteroatoms. The minimum atomic E-state index is -0.808. The summed E-state index contributed by atoms with van der Waals surface area (Å²) >= 11 is 4.20. The van der Waals surface area contributed by atoms with Crippen LogP contribution in [-0.4, -0.2) is 21.3 Å². The molecule has 1 aromatic heterocycles. The van der Waals surface area contributed by atoms with Crippen molar-refractivity contribution in [3.8, 4) is 0 Å². The predicted molar refractivity (Wildman–Crippen MR) is 57.7 cm³/mol. The lowest BCUT2D eigenvalue weighted by molar-refractivity contribution is -0.138. The van der Waals surface area contributed by atoms with Gasteiger partial charge in [0.05, 0.1) is 5.92 Å². The van der Waals surface area contributed by atoms with E-state index in [0.717, 1.165) is 5.56 Å². The average molecular weight is 211 g/mol. The molecule has 2 atom stereocenters. The van der Waals surface area contributed by atoms with Crippen LogP contribution < -0.4 is 0 Å². The summed E-state index contributed by atoms with van der Waals surface area (Å²) in [5, 5.41) is 9.09. The second kappa shape index (κ2) is 5.00. The van der Waals surface area contributed by atoms with Gasteiger partial charge in [-0.2, -0.15) is 12.6 Å². The minimum Gasteiger partial charge on any atom is -0.481 e. The Hall–Kier alpha value is -1.03. The Morgan fingerprint density at radius 2 is 2.14 bits per heavy atom. The van der Waals surface area contributed by atoms with Gasteiger partial charge in [-0.1, -0.05) is 6.92 Å². The molecular formula is C10H13NO2S. The lowest BCUT2D eigenvalue weighted by atomic mass is 9.95. The summed E-state index contributed by atoms with van der Waals surface area (Å²) < 4.78 is 0. The van der Waals surface area contributed by atoms with Crippen molar-refractivity contribution < 1.29 is 9.90 Å². The summed E-state index contributed by atoms with van der Waals surface area (Å²) in [7, 11) is 0. The quantitative estimate of drug-likeness (QED) is 0.748. The minimum absolute atomic E-state index is 0.0734. The maximum atomic E-state index is 11.0. The Bertz CT molecular complexity index is 300. The zero-order valence-corrected chi connectivity index (χ0v) is 8.82. The fourth-order valence-electron chi connectivity index (χ4n) is 1.32. The van der Waals surface area contributed by atoms with Crippen molar-refractivity contribution in [2.45, 2.75) is 24.5 Å². The topological polar surface area (TPSA) is 50.2 Å². The number of nitrogens with zero attached hydrogens (tertiary/aromatic N) is 1. The van der Waals surface area contributed by atoms with Crippen molar-refractivity contribution in [3.63, 3.8) is 0 Å². The molecule has 14 heavy (non-hydrogen) atoms. The first kappa shape index (κ1) is 11.0. The average Bonchev–Trinajstić information content (AvgIpc) is 2.15. The molecule has 1 heterocycles. The van der Waals surface area contributed by atoms with Gasteiger partial charge >= 0.3 is 5.97 Å². The number of aromatic nitrogens is 1. The summed E-state index contributed by atoms with van der Waals surface area (Å²) in [5.41, 5.74) is 0.786. The summed E-state index contributed by atoms with van der Waals surface area (Å²) in [5.74, 6) is -1.29. The standard InChI is InChI=1S/C10H13NO2S/c1-7(14)6-9(10(12)13)8-2-4-11-5-3-8/h2-5,7,9,14H,6H2,1H3,(H,12,13). The molecule has 0 saturated carbocycles. The van der Waals surface area contributed by atoms with Crippen LogP contribution in [0.3, 0.4) is 0 Å². The normalized spacial score (nSPS) is 14.7. The van der Waals surface area contributed by atoms with E-state index in [1.165, 1.54) is 0 Å². The number of hydrogen-bond donors (Lipinski definition) is 2. The molecule has 0 bridgehead atoms. The number of aliphatic carboxylic acids is 1. The third-order valence-corrected chi connectivity index (χ3v) is 2.19. The van der Waals surface area contributed by atoms with E-state index < -0.39 is 11.9 Å². The molecule has 0 aliphatic carbocycles. The van der Waals surface area contributed by atoms with Crippen LogP contribution in [0.5, 0.6) is 0 Å². The molecular weight excluding hydrogens is 198 g/mol. The maximum absolute atomic E-state index is 11.0. The molecule has 0 aromatic carbocycles. The second-order valence-electron chi connectivity index (χ2n) is 3.26. The van der Waals surface area contributed by atoms with Gasteiger partial charge in [0, 0.05) is 12.4 Å². The van der Waals surface area contributed by atoms with Gasteiger partial charge in [-0.15, -0.1) is 0 Å². The molecule has 0 spiro atoms. The van der Waals surface area contributed by atoms with Crippen molar-refractivity contribution in [1.82, 2.24) is 4.98 Å². The molecule has 0 radical (unpaired) electrons. The molecule has 2 unspecified atom stereocenters. The molecule has 0 aliphatic heterocycles. The second-order valence-corrected chi connectivity index (χ2v) is 4.14. The SMILES string of the molecule is CC(S)CC(C(=O)O)c1ccncc1. The van der Waals surface area contributed by atoms with Crippen molar-refractivity contribution >= 4 is 18.6 Å². The third kappa shape index (κ3) is 3.03. The van der Waals surface area contributed by atoms with Gasteiger partial charge in [0.2, 0.25) is 0 Å². The molecule has 0 saturated heterocycles. The van der Waals surface area contributed by atoms with Gasteiger partial charge in [-0.05, 0) is 29.4 Å². The fraction of sp³-hybridized carbons (Fsp3) is 0.400. The number of pyridine rings is 1. The Morgan fingerprint density at radius 3 is 2.57 bits per heavy atom. The van der Waals surface area contributed by atoms with E-state index in [-0.39, 0.29) is 5.25 Å². The van der Waals surface area contributed by atoms with E-state index in [9.17, 15) is 4.79 Å². The molecule has 0 fully saturated rings. The zero-order valence-electron chi connectivity index (χ0n) is 7.92. The summed E-state index contributed by atoms with van der Waals surface area (Å²) in [6.45, 7) is 1.89. The molecule has 0 aliphatic rings. The van der Waals surface area contributed by atoms with Crippen LogP contribution in [0.25, 0.3) is 0 Å². The fourth-order valence-corrected chi connectivity index (χ4v) is 1.53. The first-order valence-electron chi connectivity index (χ1n) is 4.42. The summed E-state index contributed by atoms with van der Waals surface area (Å²) in [6, 6.07) is 3.46. The van der Waals surface area contributed by atoms with Gasteiger partial charge in [0.25, 0.3) is 0 Å². The number of carboxylic acid groups (broad SMARTS) is 1. The number of hydrogen-bond acceptors (Lipinski definition) is 3. The molecule has 1 rings (SSSR count). The van der Waals surface area contributed by atoms with E-state index >= 15 is 0 Å². The van der Waals surface area contributed by atoms with Gasteiger partial charge in [-0.3, -0.25) is 9.78 Å². The van der Waals surface area contributed by atoms with E-state index in [2.05, 4.69) is 17.6 Å². The zero-order chi connectivity index (χ0) is 10.6. The van der Waals surface area contributed by atoms with Gasteiger partial charge in [0.1, 0.15) is 0 Å². The maximum Gasteiger partial charge on any atom is 0.311 e. The van der Waals surface area contributed by atoms with Gasteiger partial charge in [0.15, 0.2) is 0 Å². The highest BCUT2D eigenvalue weighted by atomic mass is 32.1. The highest BCUT2D eigenvalue weighted by Gasteiger charge is 2.20. The van der Waals surface area contributed by atoms with Crippen LogP contribution in [-0.2, 0) is 4.79 Å². The lowest BCUT2D eigenvalue weighted by Gasteiger charge is -2.13. The number of rotatable bonds is 4. The van der Waals surface area contributed by atoms with Crippen LogP contribution in [0.1, 0.15) is 24.8 Å². The van der Waals surface area contributed by atoms with Crippen molar-refractivity contribution in [3.05, 3.63) is 30.1 Å². The smallest absolute Gasteiger partial charge is 0.311 e. The predicted octanol–water partition coefficient (Wildman–Crippen LogP) is 1.96. The number of thiol groups is 1. The largest absolute Gasteiger partial charge is 0.481 e. The van der Waals surface area contributed by atoms with Crippen molar-refractivity contribution in [2.75, 3.05) is 0 Å². The summed E-state index contributed by atoms with van der Waals surface area (Å²) in [4.78, 5) is 14.8. The van der Waals surface area contributed by atoms with E-state index in [1.54, 1.807) is 24.5 Å². The first-order valence-corrected chi connectivity index (χ1v) is 4.93. The van der Waals surface area contributed by atoms with Crippen molar-refractivity contribution in [1.29, 1.82) is 0 Å². The molecule has 3 nitrogen and oxygen atoms in total. The highest BCUT2D eigenvalue weighted by molar-refractivity contribution is 7.80. The van der Waals surface area contributed by atoms with Crippen LogP contribution in [0, 0.1) is 0 Å². The van der Waals surface area contributed by atoms with E-state index in [4.69, 9.17) is 5.11 Å². The lowest BCUT2D eigenvalue weighted by Crippen LogP contribution is -2.15. The van der Waals surface area contributed by atoms with Crippen LogP contribution >= 0.6 is 12.6 Å².